The van der Waals surface area contributed by atoms with Gasteiger partial charge in [-0.25, -0.2) is 13.1 Å². The second-order valence-corrected chi connectivity index (χ2v) is 7.50. The van der Waals surface area contributed by atoms with Gasteiger partial charge in [-0.2, -0.15) is 0 Å². The Bertz CT molecular complexity index is 573. The number of aryl methyl sites for hydroxylation is 1. The van der Waals surface area contributed by atoms with Crippen LogP contribution in [0.5, 0.6) is 0 Å². The highest BCUT2D eigenvalue weighted by atomic mass is 35.5. The number of sulfonamides is 1. The molecule has 2 unspecified atom stereocenters. The number of rotatable bonds is 6. The zero-order valence-electron chi connectivity index (χ0n) is 12.4. The Morgan fingerprint density at radius 2 is 1.95 bits per heavy atom. The van der Waals surface area contributed by atoms with Gasteiger partial charge in [0.05, 0.1) is 5.02 Å². The van der Waals surface area contributed by atoms with Gasteiger partial charge in [-0.3, -0.25) is 0 Å². The van der Waals surface area contributed by atoms with Gasteiger partial charge in [-0.1, -0.05) is 31.9 Å². The van der Waals surface area contributed by atoms with Crippen molar-refractivity contribution in [2.24, 2.45) is 5.92 Å². The van der Waals surface area contributed by atoms with Crippen LogP contribution in [0.2, 0.25) is 5.02 Å². The molecule has 0 aliphatic heterocycles. The molecule has 0 bridgehead atoms. The second-order valence-electron chi connectivity index (χ2n) is 5.41. The largest absolute Gasteiger partial charge is 0.398 e. The van der Waals surface area contributed by atoms with Crippen LogP contribution in [0, 0.1) is 12.8 Å². The van der Waals surface area contributed by atoms with Crippen LogP contribution in [-0.2, 0) is 10.0 Å². The van der Waals surface area contributed by atoms with Crippen LogP contribution in [0.15, 0.2) is 17.0 Å². The topological polar surface area (TPSA) is 72.2 Å². The van der Waals surface area contributed by atoms with Gasteiger partial charge in [0.25, 0.3) is 0 Å². The molecule has 0 aliphatic carbocycles. The van der Waals surface area contributed by atoms with Gasteiger partial charge in [-0.05, 0) is 43.9 Å². The monoisotopic (exact) mass is 318 g/mol. The third kappa shape index (κ3) is 4.36. The number of hydrogen-bond acceptors (Lipinski definition) is 3. The van der Waals surface area contributed by atoms with Crippen molar-refractivity contribution in [1.82, 2.24) is 4.72 Å². The van der Waals surface area contributed by atoms with E-state index in [2.05, 4.69) is 18.6 Å². The lowest BCUT2D eigenvalue weighted by Gasteiger charge is -2.18. The molecule has 0 heterocycles. The molecule has 0 saturated heterocycles. The van der Waals surface area contributed by atoms with Crippen molar-refractivity contribution in [2.45, 2.75) is 51.5 Å². The summed E-state index contributed by atoms with van der Waals surface area (Å²) in [6.45, 7) is 7.83. The highest BCUT2D eigenvalue weighted by Gasteiger charge is 2.22. The second kappa shape index (κ2) is 6.78. The Kier molecular flexibility index (Phi) is 5.86. The molecule has 1 rings (SSSR count). The highest BCUT2D eigenvalue weighted by Crippen LogP contribution is 2.27. The van der Waals surface area contributed by atoms with Crippen molar-refractivity contribution in [2.75, 3.05) is 5.73 Å². The molecule has 0 aliphatic rings. The number of anilines is 1. The van der Waals surface area contributed by atoms with Gasteiger partial charge >= 0.3 is 0 Å². The Morgan fingerprint density at radius 1 is 1.35 bits per heavy atom. The molecule has 20 heavy (non-hydrogen) atoms. The summed E-state index contributed by atoms with van der Waals surface area (Å²) in [4.78, 5) is 0.0401. The Balaban J connectivity index is 2.97. The third-order valence-electron chi connectivity index (χ3n) is 3.42. The fourth-order valence-electron chi connectivity index (χ4n) is 2.02. The molecule has 1 aromatic rings. The molecule has 2 atom stereocenters. The van der Waals surface area contributed by atoms with Gasteiger partial charge in [0, 0.05) is 11.7 Å². The van der Waals surface area contributed by atoms with E-state index in [1.165, 1.54) is 6.07 Å². The van der Waals surface area contributed by atoms with Crippen molar-refractivity contribution in [3.05, 3.63) is 22.7 Å². The number of nitrogens with one attached hydrogen (secondary N) is 1. The minimum atomic E-state index is -3.65. The quantitative estimate of drug-likeness (QED) is 0.790. The van der Waals surface area contributed by atoms with Crippen LogP contribution < -0.4 is 10.5 Å². The molecule has 0 radical (unpaired) electrons. The molecule has 0 fully saturated rings. The molecule has 0 aromatic heterocycles. The van der Waals surface area contributed by atoms with Gasteiger partial charge < -0.3 is 5.73 Å². The Labute approximate surface area is 126 Å². The van der Waals surface area contributed by atoms with E-state index in [-0.39, 0.29) is 16.0 Å². The molecule has 0 amide bonds. The van der Waals surface area contributed by atoms with E-state index in [4.69, 9.17) is 17.3 Å². The zero-order valence-corrected chi connectivity index (χ0v) is 14.0. The molecular weight excluding hydrogens is 296 g/mol. The van der Waals surface area contributed by atoms with E-state index in [9.17, 15) is 8.42 Å². The molecule has 0 spiro atoms. The maximum Gasteiger partial charge on any atom is 0.242 e. The first-order valence-electron chi connectivity index (χ1n) is 6.75. The lowest BCUT2D eigenvalue weighted by atomic mass is 10.0. The van der Waals surface area contributed by atoms with Crippen LogP contribution >= 0.6 is 11.6 Å². The minimum Gasteiger partial charge on any atom is -0.398 e. The van der Waals surface area contributed by atoms with E-state index < -0.39 is 10.0 Å². The SMILES string of the molecule is CCC(C)CC(C)NS(=O)(=O)c1cc(N)c(C)cc1Cl. The van der Waals surface area contributed by atoms with E-state index in [1.807, 2.05) is 6.92 Å². The zero-order chi connectivity index (χ0) is 15.5. The summed E-state index contributed by atoms with van der Waals surface area (Å²) in [5, 5.41) is 0.194. The normalized spacial score (nSPS) is 15.1. The number of benzene rings is 1. The van der Waals surface area contributed by atoms with Crippen LogP contribution in [0.3, 0.4) is 0 Å². The van der Waals surface area contributed by atoms with Crippen LogP contribution in [0.1, 0.15) is 39.2 Å². The van der Waals surface area contributed by atoms with Crippen LogP contribution in [0.25, 0.3) is 0 Å². The molecule has 3 N–H and O–H groups in total. The first-order chi connectivity index (χ1) is 9.17. The number of hydrogen-bond donors (Lipinski definition) is 2. The van der Waals surface area contributed by atoms with Crippen molar-refractivity contribution < 1.29 is 8.42 Å². The van der Waals surface area contributed by atoms with Crippen molar-refractivity contribution in [3.8, 4) is 0 Å². The third-order valence-corrected chi connectivity index (χ3v) is 5.47. The van der Waals surface area contributed by atoms with Crippen LogP contribution in [0.4, 0.5) is 5.69 Å². The number of nitrogen functional groups attached to an aromatic ring is 1. The molecular formula is C14H23ClN2O2S. The summed E-state index contributed by atoms with van der Waals surface area (Å²) in [6.07, 6.45) is 1.80. The fourth-order valence-corrected chi connectivity index (χ4v) is 3.89. The average Bonchev–Trinajstić information content (AvgIpc) is 2.32. The maximum atomic E-state index is 12.3. The summed E-state index contributed by atoms with van der Waals surface area (Å²) in [7, 11) is -3.65. The lowest BCUT2D eigenvalue weighted by Crippen LogP contribution is -2.34. The first-order valence-corrected chi connectivity index (χ1v) is 8.61. The van der Waals surface area contributed by atoms with E-state index in [0.29, 0.717) is 11.6 Å². The summed E-state index contributed by atoms with van der Waals surface area (Å²) >= 11 is 6.03. The minimum absolute atomic E-state index is 0.0401. The highest BCUT2D eigenvalue weighted by molar-refractivity contribution is 7.89. The molecule has 4 nitrogen and oxygen atoms in total. The van der Waals surface area contributed by atoms with Gasteiger partial charge in [0.1, 0.15) is 4.90 Å². The number of nitrogens with two attached hydrogens (primary N) is 1. The van der Waals surface area contributed by atoms with E-state index in [0.717, 1.165) is 18.4 Å². The van der Waals surface area contributed by atoms with Gasteiger partial charge in [-0.15, -0.1) is 0 Å². The summed E-state index contributed by atoms with van der Waals surface area (Å²) < 4.78 is 27.3. The van der Waals surface area contributed by atoms with Crippen molar-refractivity contribution in [1.29, 1.82) is 0 Å². The van der Waals surface area contributed by atoms with Gasteiger partial charge in [0.2, 0.25) is 10.0 Å². The molecule has 1 aromatic carbocycles. The molecule has 114 valence electrons. The van der Waals surface area contributed by atoms with Crippen molar-refractivity contribution >= 4 is 27.3 Å². The van der Waals surface area contributed by atoms with E-state index >= 15 is 0 Å². The Hall–Kier alpha value is -0.780. The van der Waals surface area contributed by atoms with Crippen LogP contribution in [-0.4, -0.2) is 14.5 Å². The maximum absolute atomic E-state index is 12.3. The number of halogens is 1. The summed E-state index contributed by atoms with van der Waals surface area (Å²) in [5.74, 6) is 0.464. The summed E-state index contributed by atoms with van der Waals surface area (Å²) in [6, 6.07) is 2.84. The predicted octanol–water partition coefficient (Wildman–Crippen LogP) is 3.33. The fraction of sp³-hybridized carbons (Fsp3) is 0.571. The first kappa shape index (κ1) is 17.3. The predicted molar refractivity (Wildman–Crippen MR) is 84.5 cm³/mol. The van der Waals surface area contributed by atoms with Gasteiger partial charge in [0.15, 0.2) is 0 Å². The van der Waals surface area contributed by atoms with E-state index in [1.54, 1.807) is 13.0 Å². The summed E-state index contributed by atoms with van der Waals surface area (Å²) in [5.41, 5.74) is 6.95. The average molecular weight is 319 g/mol. The smallest absolute Gasteiger partial charge is 0.242 e. The lowest BCUT2D eigenvalue weighted by molar-refractivity contribution is 0.445. The Morgan fingerprint density at radius 3 is 2.50 bits per heavy atom. The molecule has 6 heteroatoms. The molecule has 0 saturated carbocycles. The van der Waals surface area contributed by atoms with Crippen molar-refractivity contribution in [3.63, 3.8) is 0 Å². The standard InChI is InChI=1S/C14H23ClN2O2S/c1-5-9(2)6-11(4)17-20(18,19)14-8-13(16)10(3)7-12(14)15/h7-9,11,17H,5-6,16H2,1-4H3.